The van der Waals surface area contributed by atoms with Gasteiger partial charge in [0.25, 0.3) is 0 Å². The van der Waals surface area contributed by atoms with Crippen molar-refractivity contribution in [1.82, 2.24) is 0 Å². The number of aromatic hydroxyl groups is 1. The normalized spacial score (nSPS) is 17.7. The maximum absolute atomic E-state index is 13.0. The molecule has 1 saturated carbocycles. The van der Waals surface area contributed by atoms with E-state index in [0.717, 1.165) is 18.4 Å². The third-order valence-corrected chi connectivity index (χ3v) is 3.01. The fourth-order valence-electron chi connectivity index (χ4n) is 1.80. The van der Waals surface area contributed by atoms with Gasteiger partial charge in [-0.2, -0.15) is 0 Å². The fourth-order valence-corrected chi connectivity index (χ4v) is 1.80. The smallest absolute Gasteiger partial charge is 0.165 e. The van der Waals surface area contributed by atoms with E-state index in [4.69, 9.17) is 10.8 Å². The van der Waals surface area contributed by atoms with Crippen LogP contribution in [0.4, 0.5) is 4.39 Å². The Hall–Kier alpha value is -0.800. The van der Waals surface area contributed by atoms with Crippen LogP contribution in [0.5, 0.6) is 5.75 Å². The van der Waals surface area contributed by atoms with Gasteiger partial charge >= 0.3 is 0 Å². The number of phenols is 1. The van der Waals surface area contributed by atoms with E-state index < -0.39 is 5.82 Å². The van der Waals surface area contributed by atoms with Crippen LogP contribution < -0.4 is 5.73 Å². The number of hydrogen-bond acceptors (Lipinski definition) is 2. The minimum Gasteiger partial charge on any atom is -0.505 e. The second-order valence-corrected chi connectivity index (χ2v) is 3.93. The maximum Gasteiger partial charge on any atom is 0.165 e. The van der Waals surface area contributed by atoms with Crippen molar-refractivity contribution in [3.05, 3.63) is 29.6 Å². The zero-order valence-corrected chi connectivity index (χ0v) is 9.14. The highest BCUT2D eigenvalue weighted by Gasteiger charge is 2.25. The van der Waals surface area contributed by atoms with Crippen LogP contribution in [0.2, 0.25) is 0 Å². The van der Waals surface area contributed by atoms with Crippen molar-refractivity contribution in [3.63, 3.8) is 0 Å². The molecule has 0 unspecified atom stereocenters. The van der Waals surface area contributed by atoms with E-state index in [2.05, 4.69) is 0 Å². The molecule has 1 aromatic carbocycles. The van der Waals surface area contributed by atoms with E-state index in [1.165, 1.54) is 18.6 Å². The first kappa shape index (κ1) is 12.3. The maximum atomic E-state index is 13.0. The van der Waals surface area contributed by atoms with Crippen LogP contribution in [0.1, 0.15) is 30.9 Å². The second-order valence-electron chi connectivity index (χ2n) is 3.93. The van der Waals surface area contributed by atoms with Gasteiger partial charge in [0, 0.05) is 6.04 Å². The molecule has 0 amide bonds. The second kappa shape index (κ2) is 4.81. The van der Waals surface area contributed by atoms with Crippen LogP contribution in [-0.4, -0.2) is 5.11 Å². The average Bonchev–Trinajstić information content (AvgIpc) is 2.06. The van der Waals surface area contributed by atoms with Crippen LogP contribution >= 0.6 is 12.4 Å². The largest absolute Gasteiger partial charge is 0.505 e. The van der Waals surface area contributed by atoms with Crippen molar-refractivity contribution in [1.29, 1.82) is 0 Å². The summed E-state index contributed by atoms with van der Waals surface area (Å²) in [6.07, 6.45) is 3.48. The van der Waals surface area contributed by atoms with E-state index in [9.17, 15) is 4.39 Å². The molecular weight excluding hydrogens is 217 g/mol. The fraction of sp³-hybridized carbons (Fsp3) is 0.455. The Balaban J connectivity index is 0.00000112. The van der Waals surface area contributed by atoms with Crippen LogP contribution in [-0.2, 0) is 0 Å². The Bertz CT molecular complexity index is 341. The molecule has 0 bridgehead atoms. The van der Waals surface area contributed by atoms with E-state index in [-0.39, 0.29) is 24.2 Å². The van der Waals surface area contributed by atoms with Gasteiger partial charge in [-0.25, -0.2) is 4.39 Å². The molecule has 84 valence electrons. The van der Waals surface area contributed by atoms with Crippen LogP contribution in [0.15, 0.2) is 18.2 Å². The first-order valence-electron chi connectivity index (χ1n) is 4.92. The van der Waals surface area contributed by atoms with Gasteiger partial charge < -0.3 is 10.8 Å². The van der Waals surface area contributed by atoms with Crippen molar-refractivity contribution < 1.29 is 9.50 Å². The molecule has 4 heteroatoms. The first-order valence-corrected chi connectivity index (χ1v) is 4.92. The van der Waals surface area contributed by atoms with E-state index >= 15 is 0 Å². The lowest BCUT2D eigenvalue weighted by molar-refractivity contribution is 0.264. The molecule has 3 N–H and O–H groups in total. The number of rotatable bonds is 2. The number of phenolic OH excluding ortho intramolecular Hbond substituents is 1. The van der Waals surface area contributed by atoms with Gasteiger partial charge in [0.05, 0.1) is 0 Å². The van der Waals surface area contributed by atoms with E-state index in [1.54, 1.807) is 6.07 Å². The summed E-state index contributed by atoms with van der Waals surface area (Å²) >= 11 is 0. The molecular formula is C11H15ClFNO. The molecule has 1 aliphatic rings. The minimum atomic E-state index is -0.586. The molecule has 15 heavy (non-hydrogen) atoms. The van der Waals surface area contributed by atoms with Crippen LogP contribution in [0.25, 0.3) is 0 Å². The lowest BCUT2D eigenvalue weighted by Gasteiger charge is -2.31. The average molecular weight is 232 g/mol. The number of nitrogens with two attached hydrogens (primary N) is 1. The van der Waals surface area contributed by atoms with Crippen molar-refractivity contribution in [2.45, 2.75) is 25.3 Å². The Morgan fingerprint density at radius 3 is 2.53 bits per heavy atom. The van der Waals surface area contributed by atoms with Gasteiger partial charge in [-0.3, -0.25) is 0 Å². The third kappa shape index (κ3) is 2.41. The summed E-state index contributed by atoms with van der Waals surface area (Å²) in [6, 6.07) is 4.31. The molecule has 1 atom stereocenters. The Kier molecular flexibility index (Phi) is 3.94. The Morgan fingerprint density at radius 2 is 2.07 bits per heavy atom. The molecule has 0 radical (unpaired) electrons. The summed E-state index contributed by atoms with van der Waals surface area (Å²) in [5, 5.41) is 9.02. The molecule has 1 aliphatic carbocycles. The van der Waals surface area contributed by atoms with Crippen molar-refractivity contribution >= 4 is 12.4 Å². The highest BCUT2D eigenvalue weighted by atomic mass is 35.5. The SMILES string of the molecule is Cl.N[C@H](c1ccc(O)c(F)c1)C1CCC1. The highest BCUT2D eigenvalue weighted by Crippen LogP contribution is 2.36. The minimum absolute atomic E-state index is 0. The topological polar surface area (TPSA) is 46.2 Å². The summed E-state index contributed by atoms with van der Waals surface area (Å²) in [7, 11) is 0. The van der Waals surface area contributed by atoms with Gasteiger partial charge in [-0.1, -0.05) is 12.5 Å². The summed E-state index contributed by atoms with van der Waals surface area (Å²) in [5.74, 6) is -0.411. The Morgan fingerprint density at radius 1 is 1.40 bits per heavy atom. The number of halogens is 2. The summed E-state index contributed by atoms with van der Waals surface area (Å²) in [6.45, 7) is 0. The molecule has 0 aliphatic heterocycles. The summed E-state index contributed by atoms with van der Waals surface area (Å²) in [5.41, 5.74) is 6.75. The predicted molar refractivity (Wildman–Crippen MR) is 59.6 cm³/mol. The molecule has 2 rings (SSSR count). The molecule has 0 spiro atoms. The quantitative estimate of drug-likeness (QED) is 0.822. The van der Waals surface area contributed by atoms with Gasteiger partial charge in [-0.05, 0) is 36.5 Å². The van der Waals surface area contributed by atoms with Crippen molar-refractivity contribution in [2.24, 2.45) is 11.7 Å². The van der Waals surface area contributed by atoms with Crippen LogP contribution in [0.3, 0.4) is 0 Å². The monoisotopic (exact) mass is 231 g/mol. The lowest BCUT2D eigenvalue weighted by Crippen LogP contribution is -2.26. The predicted octanol–water partition coefficient (Wildman–Crippen LogP) is 2.75. The van der Waals surface area contributed by atoms with Crippen molar-refractivity contribution in [2.75, 3.05) is 0 Å². The summed E-state index contributed by atoms with van der Waals surface area (Å²) < 4.78 is 13.0. The zero-order valence-electron chi connectivity index (χ0n) is 8.32. The molecule has 1 aromatic rings. The third-order valence-electron chi connectivity index (χ3n) is 3.01. The molecule has 0 heterocycles. The standard InChI is InChI=1S/C11H14FNO.ClH/c12-9-6-8(4-5-10(9)14)11(13)7-2-1-3-7;/h4-7,11,14H,1-3,13H2;1H/t11-;/m0./s1. The van der Waals surface area contributed by atoms with E-state index in [1.807, 2.05) is 0 Å². The van der Waals surface area contributed by atoms with Gasteiger partial charge in [0.15, 0.2) is 11.6 Å². The lowest BCUT2D eigenvalue weighted by atomic mass is 9.77. The Labute approximate surface area is 94.7 Å². The van der Waals surface area contributed by atoms with Gasteiger partial charge in [-0.15, -0.1) is 12.4 Å². The summed E-state index contributed by atoms with van der Waals surface area (Å²) in [4.78, 5) is 0. The molecule has 0 aromatic heterocycles. The zero-order chi connectivity index (χ0) is 10.1. The van der Waals surface area contributed by atoms with Crippen molar-refractivity contribution in [3.8, 4) is 5.75 Å². The molecule has 2 nitrogen and oxygen atoms in total. The van der Waals surface area contributed by atoms with E-state index in [0.29, 0.717) is 5.92 Å². The van der Waals surface area contributed by atoms with Gasteiger partial charge in [0.2, 0.25) is 0 Å². The molecule has 1 fully saturated rings. The molecule has 0 saturated heterocycles. The van der Waals surface area contributed by atoms with Gasteiger partial charge in [0.1, 0.15) is 0 Å². The highest BCUT2D eigenvalue weighted by molar-refractivity contribution is 5.85. The number of benzene rings is 1. The number of hydrogen-bond donors (Lipinski definition) is 2. The first-order chi connectivity index (χ1) is 6.68. The van der Waals surface area contributed by atoms with Crippen LogP contribution in [0, 0.1) is 11.7 Å².